The number of anilines is 1. The van der Waals surface area contributed by atoms with Gasteiger partial charge in [-0.3, -0.25) is 33.7 Å². The minimum absolute atomic E-state index is 0.00782. The van der Waals surface area contributed by atoms with Crippen LogP contribution in [0.15, 0.2) is 82.6 Å². The predicted octanol–water partition coefficient (Wildman–Crippen LogP) is 3.53. The summed E-state index contributed by atoms with van der Waals surface area (Å²) in [5.74, 6) is -1.64. The number of piperidine rings is 1. The molecule has 6 heterocycles. The molecule has 5 aromatic rings. The van der Waals surface area contributed by atoms with E-state index in [-0.39, 0.29) is 45.8 Å². The zero-order valence-corrected chi connectivity index (χ0v) is 37.1. The molecular formula is C47H52ClFN10O6. The molecule has 3 aliphatic heterocycles. The number of aromatic nitrogens is 4. The Hall–Kier alpha value is -6.30. The van der Waals surface area contributed by atoms with Gasteiger partial charge < -0.3 is 29.5 Å². The molecule has 340 valence electrons. The normalized spacial score (nSPS) is 16.5. The van der Waals surface area contributed by atoms with Crippen LogP contribution in [0.1, 0.15) is 51.9 Å². The van der Waals surface area contributed by atoms with Gasteiger partial charge in [0.25, 0.3) is 22.9 Å². The Morgan fingerprint density at radius 3 is 2.22 bits per heavy atom. The number of pyridine rings is 2. The summed E-state index contributed by atoms with van der Waals surface area (Å²) in [6.45, 7) is 9.13. The molecule has 3 saturated heterocycles. The van der Waals surface area contributed by atoms with Crippen LogP contribution >= 0.6 is 11.6 Å². The summed E-state index contributed by atoms with van der Waals surface area (Å²) in [4.78, 5) is 91.7. The summed E-state index contributed by atoms with van der Waals surface area (Å²) in [5, 5.41) is 10.7. The van der Waals surface area contributed by atoms with Crippen molar-refractivity contribution in [1.82, 2.24) is 44.2 Å². The molecule has 3 aromatic heterocycles. The van der Waals surface area contributed by atoms with E-state index < -0.39 is 17.6 Å². The lowest BCUT2D eigenvalue weighted by Crippen LogP contribution is -2.55. The van der Waals surface area contributed by atoms with E-state index in [1.807, 2.05) is 19.1 Å². The van der Waals surface area contributed by atoms with E-state index in [1.54, 1.807) is 68.1 Å². The summed E-state index contributed by atoms with van der Waals surface area (Å²) in [5.41, 5.74) is 2.63. The molecule has 16 nitrogen and oxygen atoms in total. The number of carbonyl (C=O) groups excluding carboxylic acids is 4. The fraction of sp³-hybridized carbons (Fsp3) is 0.404. The minimum atomic E-state index is -0.618. The van der Waals surface area contributed by atoms with E-state index in [0.29, 0.717) is 92.3 Å². The van der Waals surface area contributed by atoms with Crippen LogP contribution in [0.5, 0.6) is 0 Å². The van der Waals surface area contributed by atoms with E-state index >= 15 is 4.39 Å². The highest BCUT2D eigenvalue weighted by atomic mass is 35.5. The van der Waals surface area contributed by atoms with Gasteiger partial charge in [-0.25, -0.2) is 14.5 Å². The van der Waals surface area contributed by atoms with Crippen LogP contribution in [-0.2, 0) is 22.6 Å². The number of benzene rings is 2. The lowest BCUT2D eigenvalue weighted by molar-refractivity contribution is -0.134. The molecule has 0 atom stereocenters. The molecule has 2 N–H and O–H groups in total. The monoisotopic (exact) mass is 906 g/mol. The van der Waals surface area contributed by atoms with Crippen LogP contribution in [0.2, 0.25) is 0 Å². The van der Waals surface area contributed by atoms with Gasteiger partial charge in [0, 0.05) is 114 Å². The van der Waals surface area contributed by atoms with Crippen molar-refractivity contribution in [2.24, 2.45) is 5.92 Å². The van der Waals surface area contributed by atoms with Crippen LogP contribution in [0, 0.1) is 11.7 Å². The molecule has 4 amide bonds. The maximum absolute atomic E-state index is 15.1. The van der Waals surface area contributed by atoms with Crippen molar-refractivity contribution in [2.45, 2.75) is 32.7 Å². The number of nitrogens with zero attached hydrogens (tertiary/aromatic N) is 8. The Morgan fingerprint density at radius 2 is 1.49 bits per heavy atom. The van der Waals surface area contributed by atoms with E-state index in [1.165, 1.54) is 12.1 Å². The van der Waals surface area contributed by atoms with E-state index in [9.17, 15) is 28.8 Å². The van der Waals surface area contributed by atoms with Crippen molar-refractivity contribution in [3.63, 3.8) is 0 Å². The molecular weight excluding hydrogens is 855 g/mol. The SMILES string of the molecule is CCn1cc(-c2cnc(C(=O)N3CCC(CN4CCN(CC(=O)N5CCN(C(=O)c6cc(Cc7n[nH]c(=O)c8ccccc78)ccc6F)CC5)CC4)CC3)c(NC(=O)CCl)c2)ccc1=O. The number of nitrogens with one attached hydrogen (secondary N) is 2. The second kappa shape index (κ2) is 20.3. The Kier molecular flexibility index (Phi) is 14.1. The number of H-pyrrole nitrogens is 1. The molecule has 3 aliphatic rings. The number of rotatable bonds is 12. The Morgan fingerprint density at radius 1 is 0.800 bits per heavy atom. The number of hydrogen-bond donors (Lipinski definition) is 2. The van der Waals surface area contributed by atoms with Crippen molar-refractivity contribution in [3.8, 4) is 11.1 Å². The average molecular weight is 907 g/mol. The van der Waals surface area contributed by atoms with Gasteiger partial charge in [-0.1, -0.05) is 24.3 Å². The smallest absolute Gasteiger partial charge is 0.274 e. The van der Waals surface area contributed by atoms with Gasteiger partial charge in [0.1, 0.15) is 11.7 Å². The molecule has 0 radical (unpaired) electrons. The molecule has 0 bridgehead atoms. The predicted molar refractivity (Wildman–Crippen MR) is 245 cm³/mol. The first-order chi connectivity index (χ1) is 31.5. The van der Waals surface area contributed by atoms with Crippen molar-refractivity contribution in [2.75, 3.05) is 89.7 Å². The first kappa shape index (κ1) is 45.3. The summed E-state index contributed by atoms with van der Waals surface area (Å²) in [7, 11) is 0. The Labute approximate surface area is 380 Å². The minimum Gasteiger partial charge on any atom is -0.338 e. The topological polar surface area (TPSA) is 177 Å². The lowest BCUT2D eigenvalue weighted by Gasteiger charge is -2.40. The first-order valence-corrected chi connectivity index (χ1v) is 22.6. The molecule has 18 heteroatoms. The summed E-state index contributed by atoms with van der Waals surface area (Å²) < 4.78 is 16.6. The maximum Gasteiger partial charge on any atom is 0.274 e. The first-order valence-electron chi connectivity index (χ1n) is 22.1. The second-order valence-corrected chi connectivity index (χ2v) is 17.1. The zero-order valence-electron chi connectivity index (χ0n) is 36.3. The number of aryl methyl sites for hydroxylation is 1. The number of aromatic amines is 1. The largest absolute Gasteiger partial charge is 0.338 e. The molecule has 0 spiro atoms. The van der Waals surface area contributed by atoms with E-state index in [4.69, 9.17) is 11.6 Å². The zero-order chi connectivity index (χ0) is 45.6. The third-order valence-electron chi connectivity index (χ3n) is 12.7. The molecule has 65 heavy (non-hydrogen) atoms. The molecule has 8 rings (SSSR count). The van der Waals surface area contributed by atoms with Crippen molar-refractivity contribution < 1.29 is 23.6 Å². The van der Waals surface area contributed by atoms with Crippen molar-refractivity contribution in [3.05, 3.63) is 122 Å². The highest BCUT2D eigenvalue weighted by Crippen LogP contribution is 2.27. The van der Waals surface area contributed by atoms with Gasteiger partial charge in [0.2, 0.25) is 11.8 Å². The van der Waals surface area contributed by atoms with Crippen molar-refractivity contribution >= 4 is 51.7 Å². The second-order valence-electron chi connectivity index (χ2n) is 16.9. The number of amides is 4. The van der Waals surface area contributed by atoms with Crippen molar-refractivity contribution in [1.29, 1.82) is 0 Å². The number of halogens is 2. The summed E-state index contributed by atoms with van der Waals surface area (Å²) >= 11 is 5.80. The van der Waals surface area contributed by atoms with Crippen LogP contribution in [0.3, 0.4) is 0 Å². The van der Waals surface area contributed by atoms with Gasteiger partial charge in [0.15, 0.2) is 5.69 Å². The number of likely N-dealkylation sites (tertiary alicyclic amines) is 1. The quantitative estimate of drug-likeness (QED) is 0.176. The molecule has 0 aliphatic carbocycles. The van der Waals surface area contributed by atoms with Crippen LogP contribution in [0.4, 0.5) is 10.1 Å². The fourth-order valence-electron chi connectivity index (χ4n) is 8.95. The fourth-order valence-corrected chi connectivity index (χ4v) is 9.02. The highest BCUT2D eigenvalue weighted by Gasteiger charge is 2.31. The summed E-state index contributed by atoms with van der Waals surface area (Å²) in [6, 6.07) is 16.4. The lowest BCUT2D eigenvalue weighted by atomic mass is 9.95. The van der Waals surface area contributed by atoms with Crippen LogP contribution < -0.4 is 16.4 Å². The molecule has 2 aromatic carbocycles. The molecule has 0 saturated carbocycles. The third kappa shape index (κ3) is 10.5. The Balaban J connectivity index is 0.777. The van der Waals surface area contributed by atoms with Gasteiger partial charge in [-0.05, 0) is 67.1 Å². The number of alkyl halides is 1. The van der Waals surface area contributed by atoms with Gasteiger partial charge in [-0.2, -0.15) is 5.10 Å². The average Bonchev–Trinajstić information content (AvgIpc) is 3.33. The number of carbonyl (C=O) groups is 4. The van der Waals surface area contributed by atoms with E-state index in [0.717, 1.165) is 51.1 Å². The standard InChI is InChI=1S/C47H52ClFN10O6/c1-2-56-29-33(8-10-42(56)61)34-25-40(51-41(60)26-48)44(50-27-34)47(65)58-13-11-31(12-14-58)28-54-15-17-55(18-16-54)30-43(62)57-19-21-59(22-20-57)46(64)37-23-32(7-9-38(37)49)24-39-35-5-3-4-6-36(35)45(63)53-52-39/h3-10,23,25,27,29,31H,2,11-22,24,26,28,30H2,1H3,(H,51,60)(H,53,63). The highest BCUT2D eigenvalue weighted by molar-refractivity contribution is 6.29. The van der Waals surface area contributed by atoms with Crippen LogP contribution in [0.25, 0.3) is 21.9 Å². The Bertz CT molecular complexity index is 2700. The third-order valence-corrected chi connectivity index (χ3v) is 13.0. The van der Waals surface area contributed by atoms with E-state index in [2.05, 4.69) is 30.3 Å². The number of piperazine rings is 2. The van der Waals surface area contributed by atoms with Gasteiger partial charge in [-0.15, -0.1) is 11.6 Å². The number of hydrogen-bond acceptors (Lipinski definition) is 10. The summed E-state index contributed by atoms with van der Waals surface area (Å²) in [6.07, 6.45) is 5.25. The van der Waals surface area contributed by atoms with Crippen LogP contribution in [-0.4, -0.2) is 152 Å². The number of fused-ring (bicyclic) bond motifs is 1. The molecule has 0 unspecified atom stereocenters. The molecule has 3 fully saturated rings. The maximum atomic E-state index is 15.1. The van der Waals surface area contributed by atoms with Gasteiger partial charge >= 0.3 is 0 Å². The van der Waals surface area contributed by atoms with Gasteiger partial charge in [0.05, 0.1) is 28.9 Å².